The van der Waals surface area contributed by atoms with Crippen molar-refractivity contribution in [3.8, 4) is 11.5 Å². The Morgan fingerprint density at radius 2 is 1.41 bits per heavy atom. The summed E-state index contributed by atoms with van der Waals surface area (Å²) in [7, 11) is 0. The summed E-state index contributed by atoms with van der Waals surface area (Å²) in [6.45, 7) is 7.48. The van der Waals surface area contributed by atoms with Gasteiger partial charge in [0.05, 0.1) is 13.2 Å². The van der Waals surface area contributed by atoms with Gasteiger partial charge in [-0.1, -0.05) is 30.3 Å². The molecule has 0 spiro atoms. The summed E-state index contributed by atoms with van der Waals surface area (Å²) in [5, 5.41) is 2.18. The van der Waals surface area contributed by atoms with Gasteiger partial charge in [-0.25, -0.2) is 0 Å². The standard InChI is InChI=1S/C18H24O4/c1-3-19-11-13-21-17-10-9-15-7-5-6-8-16(15)18(17)22-14-12-20-4-2/h5-10H,3-4,11-14H2,1-2H3. The summed E-state index contributed by atoms with van der Waals surface area (Å²) >= 11 is 0. The molecule has 0 aliphatic rings. The second-order valence-electron chi connectivity index (χ2n) is 4.70. The summed E-state index contributed by atoms with van der Waals surface area (Å²) in [6, 6.07) is 12.1. The average Bonchev–Trinajstić information content (AvgIpc) is 2.56. The first kappa shape index (κ1) is 16.6. The quantitative estimate of drug-likeness (QED) is 0.628. The Hall–Kier alpha value is -1.78. The van der Waals surface area contributed by atoms with Crippen LogP contribution in [0.25, 0.3) is 10.8 Å². The van der Waals surface area contributed by atoms with Gasteiger partial charge in [-0.05, 0) is 25.3 Å². The van der Waals surface area contributed by atoms with Gasteiger partial charge in [-0.2, -0.15) is 0 Å². The van der Waals surface area contributed by atoms with Gasteiger partial charge >= 0.3 is 0 Å². The average molecular weight is 304 g/mol. The van der Waals surface area contributed by atoms with E-state index < -0.39 is 0 Å². The molecule has 0 radical (unpaired) electrons. The highest BCUT2D eigenvalue weighted by Gasteiger charge is 2.10. The monoisotopic (exact) mass is 304 g/mol. The summed E-state index contributed by atoms with van der Waals surface area (Å²) in [5.41, 5.74) is 0. The van der Waals surface area contributed by atoms with Crippen molar-refractivity contribution in [2.45, 2.75) is 13.8 Å². The van der Waals surface area contributed by atoms with E-state index in [4.69, 9.17) is 18.9 Å². The second-order valence-corrected chi connectivity index (χ2v) is 4.70. The minimum Gasteiger partial charge on any atom is -0.487 e. The van der Waals surface area contributed by atoms with Crippen LogP contribution in [0.15, 0.2) is 36.4 Å². The summed E-state index contributed by atoms with van der Waals surface area (Å²) in [5.74, 6) is 1.52. The van der Waals surface area contributed by atoms with Crippen LogP contribution in [0.1, 0.15) is 13.8 Å². The SMILES string of the molecule is CCOCCOc1ccc2ccccc2c1OCCOCC. The fraction of sp³-hybridized carbons (Fsp3) is 0.444. The number of fused-ring (bicyclic) bond motifs is 1. The highest BCUT2D eigenvalue weighted by atomic mass is 16.6. The van der Waals surface area contributed by atoms with E-state index in [0.29, 0.717) is 39.6 Å². The lowest BCUT2D eigenvalue weighted by Gasteiger charge is -2.15. The van der Waals surface area contributed by atoms with E-state index >= 15 is 0 Å². The van der Waals surface area contributed by atoms with Crippen LogP contribution in [0.2, 0.25) is 0 Å². The van der Waals surface area contributed by atoms with Gasteiger partial charge in [0.1, 0.15) is 13.2 Å². The molecule has 0 N–H and O–H groups in total. The Bertz CT molecular complexity index is 568. The van der Waals surface area contributed by atoms with Crippen molar-refractivity contribution >= 4 is 10.8 Å². The van der Waals surface area contributed by atoms with Gasteiger partial charge in [0.15, 0.2) is 11.5 Å². The van der Waals surface area contributed by atoms with Gasteiger partial charge in [-0.15, -0.1) is 0 Å². The number of hydrogen-bond acceptors (Lipinski definition) is 4. The van der Waals surface area contributed by atoms with Crippen LogP contribution < -0.4 is 9.47 Å². The van der Waals surface area contributed by atoms with E-state index in [1.54, 1.807) is 0 Å². The summed E-state index contributed by atoms with van der Waals surface area (Å²) in [6.07, 6.45) is 0. The fourth-order valence-electron chi connectivity index (χ4n) is 2.19. The Kier molecular flexibility index (Phi) is 7.00. The lowest BCUT2D eigenvalue weighted by molar-refractivity contribution is 0.100. The molecular formula is C18H24O4. The van der Waals surface area contributed by atoms with Crippen LogP contribution in [0, 0.1) is 0 Å². The lowest BCUT2D eigenvalue weighted by Crippen LogP contribution is -2.10. The first-order chi connectivity index (χ1) is 10.9. The predicted molar refractivity (Wildman–Crippen MR) is 87.9 cm³/mol. The first-order valence-corrected chi connectivity index (χ1v) is 7.79. The molecule has 0 aromatic heterocycles. The molecule has 0 atom stereocenters. The molecule has 0 saturated carbocycles. The Balaban J connectivity index is 2.13. The van der Waals surface area contributed by atoms with Crippen molar-refractivity contribution in [2.24, 2.45) is 0 Å². The van der Waals surface area contributed by atoms with E-state index in [2.05, 4.69) is 6.07 Å². The molecule has 0 fully saturated rings. The van der Waals surface area contributed by atoms with Crippen LogP contribution in [0.5, 0.6) is 11.5 Å². The van der Waals surface area contributed by atoms with Gasteiger partial charge in [0.2, 0.25) is 0 Å². The Morgan fingerprint density at radius 1 is 0.727 bits per heavy atom. The molecule has 0 unspecified atom stereocenters. The van der Waals surface area contributed by atoms with E-state index in [-0.39, 0.29) is 0 Å². The fourth-order valence-corrected chi connectivity index (χ4v) is 2.19. The van der Waals surface area contributed by atoms with E-state index in [1.165, 1.54) is 0 Å². The number of hydrogen-bond donors (Lipinski definition) is 0. The highest BCUT2D eigenvalue weighted by molar-refractivity contribution is 5.90. The summed E-state index contributed by atoms with van der Waals surface area (Å²) < 4.78 is 22.4. The Morgan fingerprint density at radius 3 is 2.14 bits per heavy atom. The molecule has 4 heteroatoms. The second kappa shape index (κ2) is 9.28. The van der Waals surface area contributed by atoms with Crippen LogP contribution in [-0.2, 0) is 9.47 Å². The topological polar surface area (TPSA) is 36.9 Å². The number of benzene rings is 2. The molecule has 2 aromatic rings. The highest BCUT2D eigenvalue weighted by Crippen LogP contribution is 2.35. The van der Waals surface area contributed by atoms with Crippen molar-refractivity contribution in [3.63, 3.8) is 0 Å². The molecule has 2 rings (SSSR count). The lowest BCUT2D eigenvalue weighted by atomic mass is 10.1. The zero-order valence-corrected chi connectivity index (χ0v) is 13.3. The minimum absolute atomic E-state index is 0.504. The molecule has 0 aliphatic carbocycles. The third-order valence-corrected chi connectivity index (χ3v) is 3.21. The molecule has 0 bridgehead atoms. The van der Waals surface area contributed by atoms with Crippen molar-refractivity contribution < 1.29 is 18.9 Å². The first-order valence-electron chi connectivity index (χ1n) is 7.79. The molecule has 120 valence electrons. The van der Waals surface area contributed by atoms with Crippen molar-refractivity contribution in [1.29, 1.82) is 0 Å². The largest absolute Gasteiger partial charge is 0.487 e. The van der Waals surface area contributed by atoms with E-state index in [1.807, 2.05) is 44.2 Å². The maximum absolute atomic E-state index is 5.92. The number of rotatable bonds is 10. The molecule has 2 aromatic carbocycles. The zero-order chi connectivity index (χ0) is 15.6. The van der Waals surface area contributed by atoms with Crippen molar-refractivity contribution in [3.05, 3.63) is 36.4 Å². The zero-order valence-electron chi connectivity index (χ0n) is 13.3. The van der Waals surface area contributed by atoms with Crippen LogP contribution in [0.3, 0.4) is 0 Å². The smallest absolute Gasteiger partial charge is 0.169 e. The molecule has 0 amide bonds. The third-order valence-electron chi connectivity index (χ3n) is 3.21. The van der Waals surface area contributed by atoms with Crippen molar-refractivity contribution in [2.75, 3.05) is 39.6 Å². The normalized spacial score (nSPS) is 10.8. The van der Waals surface area contributed by atoms with Gasteiger partial charge < -0.3 is 18.9 Å². The summed E-state index contributed by atoms with van der Waals surface area (Å²) in [4.78, 5) is 0. The maximum Gasteiger partial charge on any atom is 0.169 e. The third kappa shape index (κ3) is 4.61. The minimum atomic E-state index is 0.504. The van der Waals surface area contributed by atoms with E-state index in [0.717, 1.165) is 22.3 Å². The molecule has 0 saturated heterocycles. The van der Waals surface area contributed by atoms with Gasteiger partial charge in [-0.3, -0.25) is 0 Å². The van der Waals surface area contributed by atoms with Gasteiger partial charge in [0.25, 0.3) is 0 Å². The predicted octanol–water partition coefficient (Wildman–Crippen LogP) is 3.67. The van der Waals surface area contributed by atoms with Crippen LogP contribution >= 0.6 is 0 Å². The van der Waals surface area contributed by atoms with E-state index in [9.17, 15) is 0 Å². The van der Waals surface area contributed by atoms with Crippen LogP contribution in [-0.4, -0.2) is 39.6 Å². The van der Waals surface area contributed by atoms with Crippen molar-refractivity contribution in [1.82, 2.24) is 0 Å². The Labute approximate surface area is 131 Å². The molecular weight excluding hydrogens is 280 g/mol. The maximum atomic E-state index is 5.92. The molecule has 0 aliphatic heterocycles. The van der Waals surface area contributed by atoms with Gasteiger partial charge in [0, 0.05) is 18.6 Å². The molecule has 4 nitrogen and oxygen atoms in total. The van der Waals surface area contributed by atoms with Crippen LogP contribution in [0.4, 0.5) is 0 Å². The number of ether oxygens (including phenoxy) is 4. The molecule has 0 heterocycles. The molecule has 22 heavy (non-hydrogen) atoms.